The van der Waals surface area contributed by atoms with Gasteiger partial charge in [0.25, 0.3) is 0 Å². The monoisotopic (exact) mass is 646 g/mol. The molecule has 0 amide bonds. The van der Waals surface area contributed by atoms with Crippen LogP contribution >= 0.6 is 22.7 Å². The van der Waals surface area contributed by atoms with Crippen LogP contribution in [0.5, 0.6) is 0 Å². The fourth-order valence-corrected chi connectivity index (χ4v) is 8.88. The number of aromatic nitrogens is 2. The van der Waals surface area contributed by atoms with E-state index in [0.717, 1.165) is 54.1 Å². The average molecular weight is 647 g/mol. The van der Waals surface area contributed by atoms with Gasteiger partial charge in [-0.3, -0.25) is 0 Å². The zero-order valence-electron chi connectivity index (χ0n) is 27.4. The largest absolute Gasteiger partial charge is 0.455 e. The highest BCUT2D eigenvalue weighted by Gasteiger charge is 2.20. The smallest absolute Gasteiger partial charge is 0.144 e. The van der Waals surface area contributed by atoms with Crippen molar-refractivity contribution in [2.24, 2.45) is 0 Å². The second kappa shape index (κ2) is 9.96. The van der Waals surface area contributed by atoms with Crippen molar-refractivity contribution >= 4 is 85.2 Å². The van der Waals surface area contributed by atoms with Crippen LogP contribution < -0.4 is 0 Å². The predicted octanol–water partition coefficient (Wildman–Crippen LogP) is 13.0. The van der Waals surface area contributed by atoms with E-state index in [9.17, 15) is 0 Å². The summed E-state index contributed by atoms with van der Waals surface area (Å²) in [5, 5.41) is 7.14. The zero-order chi connectivity index (χ0) is 32.2. The second-order valence-electron chi connectivity index (χ2n) is 14.7. The van der Waals surface area contributed by atoms with Crippen LogP contribution in [0.4, 0.5) is 0 Å². The van der Waals surface area contributed by atoms with Gasteiger partial charge >= 0.3 is 0 Å². The molecular formula is C42H34N2OS2. The molecule has 0 spiro atoms. The Bertz CT molecular complexity index is 2520. The van der Waals surface area contributed by atoms with Gasteiger partial charge in [0.1, 0.15) is 20.8 Å². The van der Waals surface area contributed by atoms with Gasteiger partial charge in [0.15, 0.2) is 0 Å². The summed E-state index contributed by atoms with van der Waals surface area (Å²) in [4.78, 5) is 12.5. The summed E-state index contributed by atoms with van der Waals surface area (Å²) in [5.74, 6) is 0. The quantitative estimate of drug-likeness (QED) is 0.188. The molecule has 0 unspecified atom stereocenters. The third-order valence-electron chi connectivity index (χ3n) is 9.48. The van der Waals surface area contributed by atoms with Crippen LogP contribution in [0.25, 0.3) is 85.1 Å². The minimum Gasteiger partial charge on any atom is -0.455 e. The number of fused-ring (bicyclic) bond motifs is 9. The van der Waals surface area contributed by atoms with Crippen molar-refractivity contribution in [3.8, 4) is 22.5 Å². The minimum atomic E-state index is 0.0981. The Morgan fingerprint density at radius 1 is 0.468 bits per heavy atom. The molecule has 5 aromatic heterocycles. The Morgan fingerprint density at radius 3 is 1.34 bits per heavy atom. The first-order chi connectivity index (χ1) is 22.5. The molecule has 4 aromatic carbocycles. The van der Waals surface area contributed by atoms with E-state index in [0.29, 0.717) is 0 Å². The maximum Gasteiger partial charge on any atom is 0.144 e. The van der Waals surface area contributed by atoms with Gasteiger partial charge in [0.05, 0.1) is 11.4 Å². The highest BCUT2D eigenvalue weighted by molar-refractivity contribution is 7.25. The lowest BCUT2D eigenvalue weighted by molar-refractivity contribution is 0.591. The van der Waals surface area contributed by atoms with Gasteiger partial charge in [-0.05, 0) is 82.6 Å². The molecule has 0 fully saturated rings. The van der Waals surface area contributed by atoms with E-state index < -0.39 is 0 Å². The molecule has 5 heteroatoms. The first-order valence-electron chi connectivity index (χ1n) is 16.2. The highest BCUT2D eigenvalue weighted by Crippen LogP contribution is 2.43. The number of hydrogen-bond acceptors (Lipinski definition) is 5. The van der Waals surface area contributed by atoms with Crippen molar-refractivity contribution in [3.05, 3.63) is 108 Å². The number of para-hydroxylation sites is 2. The predicted molar refractivity (Wildman–Crippen MR) is 203 cm³/mol. The summed E-state index contributed by atoms with van der Waals surface area (Å²) in [7, 11) is 0. The number of hydrogen-bond donors (Lipinski definition) is 0. The first kappa shape index (κ1) is 28.6. The van der Waals surface area contributed by atoms with Gasteiger partial charge in [-0.2, -0.15) is 0 Å². The van der Waals surface area contributed by atoms with E-state index in [1.54, 1.807) is 22.7 Å². The summed E-state index contributed by atoms with van der Waals surface area (Å²) in [5.41, 5.74) is 8.44. The molecule has 0 aliphatic rings. The SMILES string of the molecule is CC(C)(C)c1ccc2sc3nc(-c4cccc5c4oc4c(-c6ccc7c(n6)sc6ccc(C(C)(C)C)cc67)cccc45)ccc3c2c1. The summed E-state index contributed by atoms with van der Waals surface area (Å²) in [6.07, 6.45) is 0. The topological polar surface area (TPSA) is 38.9 Å². The van der Waals surface area contributed by atoms with Crippen molar-refractivity contribution in [3.63, 3.8) is 0 Å². The molecular weight excluding hydrogens is 613 g/mol. The van der Waals surface area contributed by atoms with E-state index in [2.05, 4.69) is 139 Å². The van der Waals surface area contributed by atoms with Crippen molar-refractivity contribution in [2.45, 2.75) is 52.4 Å². The molecule has 230 valence electrons. The Kier molecular flexibility index (Phi) is 6.07. The summed E-state index contributed by atoms with van der Waals surface area (Å²) < 4.78 is 9.33. The van der Waals surface area contributed by atoms with Crippen LogP contribution in [0.1, 0.15) is 52.7 Å². The third-order valence-corrected chi connectivity index (χ3v) is 11.6. The van der Waals surface area contributed by atoms with Crippen LogP contribution in [-0.4, -0.2) is 9.97 Å². The van der Waals surface area contributed by atoms with E-state index in [4.69, 9.17) is 14.4 Å². The number of pyridine rings is 2. The van der Waals surface area contributed by atoms with Gasteiger partial charge in [0, 0.05) is 52.8 Å². The van der Waals surface area contributed by atoms with Gasteiger partial charge in [-0.15, -0.1) is 22.7 Å². The number of nitrogens with zero attached hydrogens (tertiary/aromatic N) is 2. The molecule has 47 heavy (non-hydrogen) atoms. The van der Waals surface area contributed by atoms with Gasteiger partial charge in [-0.1, -0.05) is 77.9 Å². The summed E-state index contributed by atoms with van der Waals surface area (Å²) in [6, 6.07) is 35.2. The van der Waals surface area contributed by atoms with Crippen molar-refractivity contribution in [2.75, 3.05) is 0 Å². The van der Waals surface area contributed by atoms with Crippen molar-refractivity contribution in [1.29, 1.82) is 0 Å². The molecule has 0 bridgehead atoms. The van der Waals surface area contributed by atoms with E-state index in [-0.39, 0.29) is 10.8 Å². The van der Waals surface area contributed by atoms with Crippen LogP contribution in [0, 0.1) is 0 Å². The normalized spacial score (nSPS) is 12.9. The zero-order valence-corrected chi connectivity index (χ0v) is 29.0. The maximum atomic E-state index is 6.80. The number of benzene rings is 4. The standard InChI is InChI=1S/C42H34N2OS2/c1-41(2,3)23-13-19-35-31(21-23)27-15-17-33(43-39(27)46-35)29-11-7-9-25-26-10-8-12-30(38(26)45-37(25)29)34-18-16-28-32-22-24(42(4,5)6)14-20-36(32)47-40(28)44-34/h7-22H,1-6H3. The molecule has 0 saturated carbocycles. The molecule has 0 aliphatic heterocycles. The average Bonchev–Trinajstić information content (AvgIpc) is 3.73. The van der Waals surface area contributed by atoms with Crippen LogP contribution in [0.2, 0.25) is 0 Å². The molecule has 0 N–H and O–H groups in total. The molecule has 3 nitrogen and oxygen atoms in total. The van der Waals surface area contributed by atoms with E-state index in [1.165, 1.54) is 42.1 Å². The minimum absolute atomic E-state index is 0.0981. The van der Waals surface area contributed by atoms with E-state index >= 15 is 0 Å². The fraction of sp³-hybridized carbons (Fsp3) is 0.190. The second-order valence-corrected chi connectivity index (χ2v) is 16.8. The highest BCUT2D eigenvalue weighted by atomic mass is 32.1. The van der Waals surface area contributed by atoms with Crippen LogP contribution in [0.15, 0.2) is 101 Å². The molecule has 0 saturated heterocycles. The molecule has 0 aliphatic carbocycles. The van der Waals surface area contributed by atoms with Crippen molar-refractivity contribution in [1.82, 2.24) is 9.97 Å². The van der Waals surface area contributed by atoms with Gasteiger partial charge in [0.2, 0.25) is 0 Å². The molecule has 0 atom stereocenters. The molecule has 0 radical (unpaired) electrons. The number of thiophene rings is 2. The summed E-state index contributed by atoms with van der Waals surface area (Å²) >= 11 is 3.51. The van der Waals surface area contributed by atoms with E-state index in [1.807, 2.05) is 0 Å². The summed E-state index contributed by atoms with van der Waals surface area (Å²) in [6.45, 7) is 13.6. The number of rotatable bonds is 2. The lowest BCUT2D eigenvalue weighted by Gasteiger charge is -2.18. The molecule has 9 rings (SSSR count). The Morgan fingerprint density at radius 2 is 0.915 bits per heavy atom. The van der Waals surface area contributed by atoms with Gasteiger partial charge < -0.3 is 4.42 Å². The van der Waals surface area contributed by atoms with Crippen LogP contribution in [-0.2, 0) is 10.8 Å². The Labute approximate surface area is 281 Å². The maximum absolute atomic E-state index is 6.80. The number of furan rings is 1. The fourth-order valence-electron chi connectivity index (χ4n) is 6.77. The van der Waals surface area contributed by atoms with Crippen molar-refractivity contribution < 1.29 is 4.42 Å². The Balaban J connectivity index is 1.18. The first-order valence-corrected chi connectivity index (χ1v) is 17.8. The third kappa shape index (κ3) is 4.51. The molecule has 9 aromatic rings. The lowest BCUT2D eigenvalue weighted by atomic mass is 9.86. The lowest BCUT2D eigenvalue weighted by Crippen LogP contribution is -2.10. The van der Waals surface area contributed by atoms with Crippen LogP contribution in [0.3, 0.4) is 0 Å². The molecule has 5 heterocycles. The Hall–Kier alpha value is -4.58. The van der Waals surface area contributed by atoms with Gasteiger partial charge in [-0.25, -0.2) is 9.97 Å².